The van der Waals surface area contributed by atoms with Crippen LogP contribution in [0.4, 0.5) is 5.69 Å². The molecule has 3 nitrogen and oxygen atoms in total. The van der Waals surface area contributed by atoms with Crippen LogP contribution in [-0.4, -0.2) is 17.4 Å². The summed E-state index contributed by atoms with van der Waals surface area (Å²) >= 11 is 1.94. The van der Waals surface area contributed by atoms with Gasteiger partial charge in [0.15, 0.2) is 0 Å². The van der Waals surface area contributed by atoms with E-state index < -0.39 is 0 Å². The molecule has 0 aliphatic carbocycles. The van der Waals surface area contributed by atoms with Crippen molar-refractivity contribution in [3.63, 3.8) is 0 Å². The lowest BCUT2D eigenvalue weighted by atomic mass is 10.0. The van der Waals surface area contributed by atoms with E-state index in [1.54, 1.807) is 24.3 Å². The lowest BCUT2D eigenvalue weighted by Gasteiger charge is -2.20. The zero-order chi connectivity index (χ0) is 12.8. The number of amides is 1. The van der Waals surface area contributed by atoms with Gasteiger partial charge in [0.1, 0.15) is 0 Å². The first-order valence-electron chi connectivity index (χ1n) is 6.15. The number of benzene rings is 1. The van der Waals surface area contributed by atoms with Gasteiger partial charge in [-0.2, -0.15) is 17.0 Å². The Morgan fingerprint density at radius 3 is 2.83 bits per heavy atom. The van der Waals surface area contributed by atoms with Gasteiger partial charge in [-0.3, -0.25) is 4.79 Å². The Labute approximate surface area is 112 Å². The molecule has 1 fully saturated rings. The van der Waals surface area contributed by atoms with Crippen molar-refractivity contribution in [1.82, 2.24) is 0 Å². The highest BCUT2D eigenvalue weighted by atomic mass is 32.2. The van der Waals surface area contributed by atoms with Crippen molar-refractivity contribution in [2.75, 3.05) is 16.8 Å². The Morgan fingerprint density at radius 1 is 1.44 bits per heavy atom. The van der Waals surface area contributed by atoms with Crippen LogP contribution in [0.1, 0.15) is 24.8 Å². The molecular formula is C14H16N2OS. The molecule has 0 spiro atoms. The molecule has 1 amide bonds. The second-order valence-electron chi connectivity index (χ2n) is 4.52. The summed E-state index contributed by atoms with van der Waals surface area (Å²) in [6.07, 6.45) is 2.99. The van der Waals surface area contributed by atoms with E-state index in [9.17, 15) is 4.79 Å². The molecule has 0 bridgehead atoms. The number of nitrogens with one attached hydrogen (secondary N) is 1. The second kappa shape index (κ2) is 6.46. The Bertz CT molecular complexity index is 444. The van der Waals surface area contributed by atoms with Crippen LogP contribution in [0, 0.1) is 17.2 Å². The van der Waals surface area contributed by atoms with E-state index in [2.05, 4.69) is 11.4 Å². The molecule has 1 aromatic carbocycles. The summed E-state index contributed by atoms with van der Waals surface area (Å²) in [5, 5.41) is 11.6. The minimum absolute atomic E-state index is 0.0761. The standard InChI is InChI=1S/C14H16N2OS/c15-9-11-3-5-13(6-4-11)16-14(17)8-12-2-1-7-18-10-12/h3-6,12H,1-2,7-8,10H2,(H,16,17). The molecule has 0 saturated carbocycles. The van der Waals surface area contributed by atoms with Gasteiger partial charge in [-0.05, 0) is 54.5 Å². The number of hydrogen-bond acceptors (Lipinski definition) is 3. The van der Waals surface area contributed by atoms with E-state index in [1.165, 1.54) is 12.2 Å². The summed E-state index contributed by atoms with van der Waals surface area (Å²) in [4.78, 5) is 11.8. The van der Waals surface area contributed by atoms with Gasteiger partial charge < -0.3 is 5.32 Å². The van der Waals surface area contributed by atoms with Crippen LogP contribution in [0.15, 0.2) is 24.3 Å². The van der Waals surface area contributed by atoms with Gasteiger partial charge in [0.25, 0.3) is 0 Å². The maximum atomic E-state index is 11.8. The van der Waals surface area contributed by atoms with Crippen LogP contribution in [0.5, 0.6) is 0 Å². The molecule has 2 rings (SSSR count). The van der Waals surface area contributed by atoms with E-state index in [0.717, 1.165) is 17.9 Å². The molecule has 1 aliphatic rings. The van der Waals surface area contributed by atoms with E-state index >= 15 is 0 Å². The van der Waals surface area contributed by atoms with Crippen LogP contribution in [-0.2, 0) is 4.79 Å². The number of nitriles is 1. The Hall–Kier alpha value is -1.47. The summed E-state index contributed by atoms with van der Waals surface area (Å²) in [6, 6.07) is 9.03. The lowest BCUT2D eigenvalue weighted by Crippen LogP contribution is -2.20. The Balaban J connectivity index is 1.84. The van der Waals surface area contributed by atoms with Gasteiger partial charge in [-0.25, -0.2) is 0 Å². The highest BCUT2D eigenvalue weighted by Gasteiger charge is 2.17. The summed E-state index contributed by atoms with van der Waals surface area (Å²) in [5.74, 6) is 2.92. The molecule has 1 heterocycles. The minimum atomic E-state index is 0.0761. The maximum absolute atomic E-state index is 11.8. The fraction of sp³-hybridized carbons (Fsp3) is 0.429. The predicted octanol–water partition coefficient (Wildman–Crippen LogP) is 3.03. The number of thioether (sulfide) groups is 1. The second-order valence-corrected chi connectivity index (χ2v) is 5.67. The summed E-state index contributed by atoms with van der Waals surface area (Å²) in [7, 11) is 0. The quantitative estimate of drug-likeness (QED) is 0.908. The largest absolute Gasteiger partial charge is 0.326 e. The van der Waals surface area contributed by atoms with Crippen molar-refractivity contribution in [3.05, 3.63) is 29.8 Å². The third-order valence-electron chi connectivity index (χ3n) is 3.03. The Kier molecular flexibility index (Phi) is 4.66. The topological polar surface area (TPSA) is 52.9 Å². The first-order valence-corrected chi connectivity index (χ1v) is 7.31. The van der Waals surface area contributed by atoms with Crippen LogP contribution in [0.25, 0.3) is 0 Å². The molecule has 94 valence electrons. The molecule has 18 heavy (non-hydrogen) atoms. The van der Waals surface area contributed by atoms with Gasteiger partial charge in [-0.15, -0.1) is 0 Å². The number of rotatable bonds is 3. The average Bonchev–Trinajstić information content (AvgIpc) is 2.40. The highest BCUT2D eigenvalue weighted by Crippen LogP contribution is 2.25. The third-order valence-corrected chi connectivity index (χ3v) is 4.31. The van der Waals surface area contributed by atoms with Crippen molar-refractivity contribution in [2.45, 2.75) is 19.3 Å². The SMILES string of the molecule is N#Cc1ccc(NC(=O)CC2CCCSC2)cc1. The normalized spacial score (nSPS) is 18.9. The van der Waals surface area contributed by atoms with Gasteiger partial charge in [0.05, 0.1) is 11.6 Å². The molecule has 1 saturated heterocycles. The first-order chi connectivity index (χ1) is 8.78. The Morgan fingerprint density at radius 2 is 2.22 bits per heavy atom. The smallest absolute Gasteiger partial charge is 0.224 e. The van der Waals surface area contributed by atoms with Crippen LogP contribution in [0.3, 0.4) is 0 Å². The van der Waals surface area contributed by atoms with Crippen LogP contribution < -0.4 is 5.32 Å². The van der Waals surface area contributed by atoms with Crippen LogP contribution in [0.2, 0.25) is 0 Å². The molecule has 1 aromatic rings. The number of carbonyl (C=O) groups is 1. The molecule has 1 atom stereocenters. The monoisotopic (exact) mass is 260 g/mol. The number of hydrogen-bond donors (Lipinski definition) is 1. The van der Waals surface area contributed by atoms with Gasteiger partial charge >= 0.3 is 0 Å². The van der Waals surface area contributed by atoms with E-state index in [0.29, 0.717) is 17.9 Å². The number of anilines is 1. The number of carbonyl (C=O) groups excluding carboxylic acids is 1. The fourth-order valence-electron chi connectivity index (χ4n) is 2.07. The maximum Gasteiger partial charge on any atom is 0.224 e. The third kappa shape index (κ3) is 3.78. The van der Waals surface area contributed by atoms with Gasteiger partial charge in [0.2, 0.25) is 5.91 Å². The lowest BCUT2D eigenvalue weighted by molar-refractivity contribution is -0.117. The highest BCUT2D eigenvalue weighted by molar-refractivity contribution is 7.99. The predicted molar refractivity (Wildman–Crippen MR) is 74.5 cm³/mol. The molecule has 1 unspecified atom stereocenters. The van der Waals surface area contributed by atoms with Crippen molar-refractivity contribution in [2.24, 2.45) is 5.92 Å². The van der Waals surface area contributed by atoms with Gasteiger partial charge in [-0.1, -0.05) is 0 Å². The molecule has 4 heteroatoms. The number of nitrogens with zero attached hydrogens (tertiary/aromatic N) is 1. The first kappa shape index (κ1) is 13.0. The summed E-state index contributed by atoms with van der Waals surface area (Å²) in [6.45, 7) is 0. The molecular weight excluding hydrogens is 244 g/mol. The van der Waals surface area contributed by atoms with Crippen molar-refractivity contribution in [1.29, 1.82) is 5.26 Å². The van der Waals surface area contributed by atoms with E-state index in [4.69, 9.17) is 5.26 Å². The molecule has 1 N–H and O–H groups in total. The molecule has 0 radical (unpaired) electrons. The zero-order valence-electron chi connectivity index (χ0n) is 10.2. The zero-order valence-corrected chi connectivity index (χ0v) is 11.0. The minimum Gasteiger partial charge on any atom is -0.326 e. The average molecular weight is 260 g/mol. The summed E-state index contributed by atoms with van der Waals surface area (Å²) in [5.41, 5.74) is 1.37. The molecule has 0 aromatic heterocycles. The van der Waals surface area contributed by atoms with E-state index in [1.807, 2.05) is 11.8 Å². The summed E-state index contributed by atoms with van der Waals surface area (Å²) < 4.78 is 0. The van der Waals surface area contributed by atoms with Gasteiger partial charge in [0, 0.05) is 12.1 Å². The molecule has 1 aliphatic heterocycles. The van der Waals surface area contributed by atoms with Crippen LogP contribution >= 0.6 is 11.8 Å². The van der Waals surface area contributed by atoms with Crippen molar-refractivity contribution < 1.29 is 4.79 Å². The fourth-order valence-corrected chi connectivity index (χ4v) is 3.23. The van der Waals surface area contributed by atoms with Crippen molar-refractivity contribution >= 4 is 23.4 Å². The van der Waals surface area contributed by atoms with Crippen molar-refractivity contribution in [3.8, 4) is 6.07 Å². The van der Waals surface area contributed by atoms with E-state index in [-0.39, 0.29) is 5.91 Å².